The van der Waals surface area contributed by atoms with Gasteiger partial charge in [0.1, 0.15) is 0 Å². The lowest BCUT2D eigenvalue weighted by atomic mass is 10.4. The van der Waals surface area contributed by atoms with Crippen LogP contribution < -0.4 is 0 Å². The van der Waals surface area contributed by atoms with Crippen molar-refractivity contribution in [1.29, 1.82) is 0 Å². The minimum atomic E-state index is -3.42. The van der Waals surface area contributed by atoms with Crippen molar-refractivity contribution in [2.24, 2.45) is 0 Å². The molecule has 0 amide bonds. The van der Waals surface area contributed by atoms with Crippen molar-refractivity contribution in [2.75, 3.05) is 24.6 Å². The highest BCUT2D eigenvalue weighted by Gasteiger charge is 2.34. The maximum atomic E-state index is 12.1. The van der Waals surface area contributed by atoms with Crippen LogP contribution in [0.15, 0.2) is 18.7 Å². The standard InChI is InChI=1S/C10H17N3O4S2/c1-10-8-13(5-6-18(10,14)15)19(16,17)7-4-12-3-2-11-9-12/h2-3,9-10H,4-8H2,1H3/t10-/m0/s1. The molecule has 9 heteroatoms. The summed E-state index contributed by atoms with van der Waals surface area (Å²) in [6, 6.07) is 0. The average molecular weight is 307 g/mol. The zero-order chi connectivity index (χ0) is 14.1. The molecule has 2 heterocycles. The van der Waals surface area contributed by atoms with Gasteiger partial charge in [0.2, 0.25) is 10.0 Å². The van der Waals surface area contributed by atoms with E-state index in [1.165, 1.54) is 4.31 Å². The Kier molecular flexibility index (Phi) is 3.98. The Hall–Kier alpha value is -0.930. The molecule has 0 spiro atoms. The van der Waals surface area contributed by atoms with E-state index in [1.54, 1.807) is 30.2 Å². The molecular weight excluding hydrogens is 290 g/mol. The van der Waals surface area contributed by atoms with Crippen molar-refractivity contribution in [3.8, 4) is 0 Å². The first-order chi connectivity index (χ1) is 8.81. The van der Waals surface area contributed by atoms with Crippen LogP contribution in [-0.2, 0) is 26.4 Å². The Balaban J connectivity index is 2.01. The molecule has 7 nitrogen and oxygen atoms in total. The Labute approximate surface area is 113 Å². The quantitative estimate of drug-likeness (QED) is 0.736. The molecular formula is C10H17N3O4S2. The van der Waals surface area contributed by atoms with Gasteiger partial charge < -0.3 is 4.57 Å². The third-order valence-electron chi connectivity index (χ3n) is 3.26. The van der Waals surface area contributed by atoms with Crippen molar-refractivity contribution < 1.29 is 16.8 Å². The van der Waals surface area contributed by atoms with Gasteiger partial charge in [0, 0.05) is 32.0 Å². The molecule has 1 aliphatic rings. The summed E-state index contributed by atoms with van der Waals surface area (Å²) in [7, 11) is -6.56. The largest absolute Gasteiger partial charge is 0.336 e. The molecule has 0 bridgehead atoms. The third kappa shape index (κ3) is 3.34. The Morgan fingerprint density at radius 2 is 2.16 bits per heavy atom. The summed E-state index contributed by atoms with van der Waals surface area (Å²) in [6.07, 6.45) is 4.83. The van der Waals surface area contributed by atoms with E-state index in [1.807, 2.05) is 0 Å². The van der Waals surface area contributed by atoms with Gasteiger partial charge in [-0.2, -0.15) is 4.31 Å². The molecule has 1 saturated heterocycles. The van der Waals surface area contributed by atoms with Gasteiger partial charge in [0.25, 0.3) is 0 Å². The van der Waals surface area contributed by atoms with Gasteiger partial charge in [-0.25, -0.2) is 21.8 Å². The van der Waals surface area contributed by atoms with E-state index in [0.29, 0.717) is 6.54 Å². The molecule has 108 valence electrons. The Morgan fingerprint density at radius 1 is 1.42 bits per heavy atom. The summed E-state index contributed by atoms with van der Waals surface area (Å²) < 4.78 is 50.4. The SMILES string of the molecule is C[C@H]1CN(S(=O)(=O)CCn2ccnc2)CCS1(=O)=O. The van der Waals surface area contributed by atoms with E-state index in [-0.39, 0.29) is 24.6 Å². The molecule has 0 saturated carbocycles. The van der Waals surface area contributed by atoms with Crippen LogP contribution in [0.3, 0.4) is 0 Å². The number of aryl methyl sites for hydroxylation is 1. The maximum absolute atomic E-state index is 12.1. The van der Waals surface area contributed by atoms with Gasteiger partial charge in [-0.1, -0.05) is 0 Å². The van der Waals surface area contributed by atoms with Gasteiger partial charge >= 0.3 is 0 Å². The number of hydrogen-bond acceptors (Lipinski definition) is 5. The number of nitrogens with zero attached hydrogens (tertiary/aromatic N) is 3. The van der Waals surface area contributed by atoms with E-state index < -0.39 is 25.1 Å². The minimum Gasteiger partial charge on any atom is -0.336 e. The molecule has 1 aliphatic heterocycles. The normalized spacial score (nSPS) is 24.4. The first kappa shape index (κ1) is 14.5. The highest BCUT2D eigenvalue weighted by molar-refractivity contribution is 7.92. The zero-order valence-corrected chi connectivity index (χ0v) is 12.3. The lowest BCUT2D eigenvalue weighted by molar-refractivity contribution is 0.406. The summed E-state index contributed by atoms with van der Waals surface area (Å²) in [5.74, 6) is -0.144. The van der Waals surface area contributed by atoms with Gasteiger partial charge in [-0.3, -0.25) is 0 Å². The highest BCUT2D eigenvalue weighted by atomic mass is 32.2. The second-order valence-corrected chi connectivity index (χ2v) is 9.28. The first-order valence-electron chi connectivity index (χ1n) is 5.96. The van der Waals surface area contributed by atoms with Gasteiger partial charge in [0.05, 0.1) is 23.1 Å². The molecule has 2 rings (SSSR count). The molecule has 0 aliphatic carbocycles. The molecule has 1 fully saturated rings. The number of rotatable bonds is 4. The van der Waals surface area contributed by atoms with Gasteiger partial charge in [-0.15, -0.1) is 0 Å². The summed E-state index contributed by atoms with van der Waals surface area (Å²) in [4.78, 5) is 3.84. The molecule has 0 unspecified atom stereocenters. The maximum Gasteiger partial charge on any atom is 0.215 e. The zero-order valence-electron chi connectivity index (χ0n) is 10.6. The van der Waals surface area contributed by atoms with Crippen LogP contribution in [0, 0.1) is 0 Å². The number of hydrogen-bond donors (Lipinski definition) is 0. The van der Waals surface area contributed by atoms with Crippen molar-refractivity contribution in [1.82, 2.24) is 13.9 Å². The van der Waals surface area contributed by atoms with Crippen LogP contribution in [0.2, 0.25) is 0 Å². The summed E-state index contributed by atoms with van der Waals surface area (Å²) in [6.45, 7) is 1.97. The van der Waals surface area contributed by atoms with Crippen LogP contribution in [0.5, 0.6) is 0 Å². The topological polar surface area (TPSA) is 89.3 Å². The van der Waals surface area contributed by atoms with Crippen LogP contribution in [0.25, 0.3) is 0 Å². The molecule has 1 atom stereocenters. The van der Waals surface area contributed by atoms with Gasteiger partial charge in [-0.05, 0) is 6.92 Å². The lowest BCUT2D eigenvalue weighted by Gasteiger charge is -2.30. The average Bonchev–Trinajstić information content (AvgIpc) is 2.83. The van der Waals surface area contributed by atoms with Crippen LogP contribution >= 0.6 is 0 Å². The fraction of sp³-hybridized carbons (Fsp3) is 0.700. The van der Waals surface area contributed by atoms with E-state index in [4.69, 9.17) is 0 Å². The third-order valence-corrected chi connectivity index (χ3v) is 7.20. The number of imidazole rings is 1. The summed E-state index contributed by atoms with van der Waals surface area (Å²) in [5, 5.41) is -0.635. The first-order valence-corrected chi connectivity index (χ1v) is 9.29. The molecule has 1 aromatic heterocycles. The van der Waals surface area contributed by atoms with E-state index >= 15 is 0 Å². The van der Waals surface area contributed by atoms with Crippen molar-refractivity contribution in [3.05, 3.63) is 18.7 Å². The Bertz CT molecular complexity index is 622. The number of sulfonamides is 1. The van der Waals surface area contributed by atoms with E-state index in [2.05, 4.69) is 4.98 Å². The van der Waals surface area contributed by atoms with Crippen molar-refractivity contribution in [2.45, 2.75) is 18.7 Å². The van der Waals surface area contributed by atoms with Crippen LogP contribution in [-0.4, -0.2) is 60.5 Å². The van der Waals surface area contributed by atoms with Crippen molar-refractivity contribution in [3.63, 3.8) is 0 Å². The number of sulfone groups is 1. The minimum absolute atomic E-state index is 0.0455. The molecule has 0 aromatic carbocycles. The number of aromatic nitrogens is 2. The molecule has 0 N–H and O–H groups in total. The van der Waals surface area contributed by atoms with Crippen LogP contribution in [0.4, 0.5) is 0 Å². The fourth-order valence-electron chi connectivity index (χ4n) is 1.94. The fourth-order valence-corrected chi connectivity index (χ4v) is 4.96. The second-order valence-electron chi connectivity index (χ2n) is 4.65. The van der Waals surface area contributed by atoms with E-state index in [0.717, 1.165) is 0 Å². The van der Waals surface area contributed by atoms with Gasteiger partial charge in [0.15, 0.2) is 9.84 Å². The van der Waals surface area contributed by atoms with Crippen LogP contribution in [0.1, 0.15) is 6.92 Å². The second kappa shape index (κ2) is 5.22. The van der Waals surface area contributed by atoms with E-state index in [9.17, 15) is 16.8 Å². The summed E-state index contributed by atoms with van der Waals surface area (Å²) >= 11 is 0. The summed E-state index contributed by atoms with van der Waals surface area (Å²) in [5.41, 5.74) is 0. The smallest absolute Gasteiger partial charge is 0.215 e. The predicted molar refractivity (Wildman–Crippen MR) is 70.8 cm³/mol. The highest BCUT2D eigenvalue weighted by Crippen LogP contribution is 2.15. The van der Waals surface area contributed by atoms with Crippen molar-refractivity contribution >= 4 is 19.9 Å². The molecule has 0 radical (unpaired) electrons. The Morgan fingerprint density at radius 3 is 2.74 bits per heavy atom. The molecule has 19 heavy (non-hydrogen) atoms. The lowest BCUT2D eigenvalue weighted by Crippen LogP contribution is -2.48. The predicted octanol–water partition coefficient (Wildman–Crippen LogP) is -0.668. The monoisotopic (exact) mass is 307 g/mol. The molecule has 1 aromatic rings.